The molecule has 7 rings (SSSR count). The van der Waals surface area contributed by atoms with Crippen LogP contribution in [0.5, 0.6) is 0 Å². The van der Waals surface area contributed by atoms with Crippen LogP contribution in [-0.4, -0.2) is 93.9 Å². The van der Waals surface area contributed by atoms with Crippen molar-refractivity contribution in [1.29, 1.82) is 5.26 Å². The van der Waals surface area contributed by atoms with Crippen LogP contribution in [0.3, 0.4) is 0 Å². The van der Waals surface area contributed by atoms with Gasteiger partial charge < -0.3 is 14.5 Å². The molecule has 1 aromatic carbocycles. The molecule has 236 valence electrons. The number of benzene rings is 1. The minimum Gasteiger partial charge on any atom is -0.380 e. The van der Waals surface area contributed by atoms with E-state index in [4.69, 9.17) is 4.74 Å². The number of alkyl halides is 2. The molecule has 1 atom stereocenters. The number of sulfonamides is 1. The average molecular weight is 658 g/mol. The molecule has 4 aromatic rings. The van der Waals surface area contributed by atoms with Gasteiger partial charge >= 0.3 is 6.03 Å². The maximum atomic E-state index is 13.5. The van der Waals surface area contributed by atoms with Gasteiger partial charge in [-0.2, -0.15) is 9.98 Å². The quantitative estimate of drug-likeness (QED) is 0.313. The summed E-state index contributed by atoms with van der Waals surface area (Å²) < 4.78 is 63.1. The van der Waals surface area contributed by atoms with Gasteiger partial charge in [-0.3, -0.25) is 4.57 Å². The summed E-state index contributed by atoms with van der Waals surface area (Å²) in [6.07, 6.45) is 1.56. The minimum absolute atomic E-state index is 0.00438. The predicted molar refractivity (Wildman–Crippen MR) is 159 cm³/mol. The van der Waals surface area contributed by atoms with E-state index in [1.807, 2.05) is 15.9 Å². The standard InChI is InChI=1S/C28H29F2N9O4S2/c1-43-17-6-11-38(13-17)27(40)37-9-4-16(5-10-37)22-21-19-3-2-18(45(41,42)36-28(14-31)7-8-28)12-20(19)39(24(21)33-15-32-22)26-35-34-25(44-26)23(29)30/h2-3,12,15-17,23,36H,4-11,13H2,1H3/t17-/m1/s1. The maximum Gasteiger partial charge on any atom is 0.320 e. The molecule has 0 radical (unpaired) electrons. The highest BCUT2D eigenvalue weighted by atomic mass is 32.2. The summed E-state index contributed by atoms with van der Waals surface area (Å²) in [6.45, 7) is 2.30. The number of halogens is 2. The van der Waals surface area contributed by atoms with Gasteiger partial charge in [0.2, 0.25) is 15.2 Å². The fourth-order valence-corrected chi connectivity index (χ4v) is 8.34. The van der Waals surface area contributed by atoms with E-state index in [9.17, 15) is 27.3 Å². The molecular formula is C28H29F2N9O4S2. The van der Waals surface area contributed by atoms with Gasteiger partial charge in [0.15, 0.2) is 10.7 Å². The molecule has 0 bridgehead atoms. The molecule has 45 heavy (non-hydrogen) atoms. The van der Waals surface area contributed by atoms with Crippen molar-refractivity contribution in [3.05, 3.63) is 35.2 Å². The van der Waals surface area contributed by atoms with Crippen LogP contribution in [0.1, 0.15) is 55.1 Å². The lowest BCUT2D eigenvalue weighted by Crippen LogP contribution is -2.46. The third-order valence-corrected chi connectivity index (χ3v) is 11.3. The summed E-state index contributed by atoms with van der Waals surface area (Å²) in [7, 11) is -2.43. The molecule has 1 saturated carbocycles. The maximum absolute atomic E-state index is 13.5. The number of nitriles is 1. The second-order valence-electron chi connectivity index (χ2n) is 11.6. The molecule has 1 aliphatic carbocycles. The summed E-state index contributed by atoms with van der Waals surface area (Å²) >= 11 is 0.688. The Morgan fingerprint density at radius 2 is 1.91 bits per heavy atom. The lowest BCUT2D eigenvalue weighted by atomic mass is 9.91. The van der Waals surface area contributed by atoms with E-state index in [1.165, 1.54) is 23.0 Å². The zero-order valence-corrected chi connectivity index (χ0v) is 25.8. The number of rotatable bonds is 7. The fraction of sp³-hybridized carbons (Fsp3) is 0.500. The number of nitrogens with one attached hydrogen (secondary N) is 1. The number of nitrogens with zero attached hydrogens (tertiary/aromatic N) is 8. The number of methoxy groups -OCH3 is 1. The van der Waals surface area contributed by atoms with Crippen molar-refractivity contribution in [3.8, 4) is 11.2 Å². The van der Waals surface area contributed by atoms with Crippen molar-refractivity contribution in [2.24, 2.45) is 0 Å². The summed E-state index contributed by atoms with van der Waals surface area (Å²) in [5.41, 5.74) is 0.361. The Hall–Kier alpha value is -3.85. The van der Waals surface area contributed by atoms with Crippen LogP contribution in [0, 0.1) is 11.3 Å². The molecule has 2 amide bonds. The Bertz CT molecular complexity index is 1950. The Morgan fingerprint density at radius 1 is 1.16 bits per heavy atom. The van der Waals surface area contributed by atoms with Crippen molar-refractivity contribution < 1.29 is 26.7 Å². The number of amides is 2. The number of piperidine rings is 1. The van der Waals surface area contributed by atoms with Crippen molar-refractivity contribution >= 4 is 49.3 Å². The van der Waals surface area contributed by atoms with E-state index in [-0.39, 0.29) is 28.1 Å². The number of aromatic nitrogens is 5. The second-order valence-corrected chi connectivity index (χ2v) is 14.3. The Balaban J connectivity index is 1.27. The first kappa shape index (κ1) is 29.8. The highest BCUT2D eigenvalue weighted by molar-refractivity contribution is 7.89. The highest BCUT2D eigenvalue weighted by Gasteiger charge is 2.47. The molecule has 1 N–H and O–H groups in total. The summed E-state index contributed by atoms with van der Waals surface area (Å²) in [6, 6.07) is 6.56. The molecule has 5 heterocycles. The van der Waals surface area contributed by atoms with Gasteiger partial charge in [0.1, 0.15) is 11.9 Å². The third-order valence-electron chi connectivity index (χ3n) is 8.86. The Morgan fingerprint density at radius 3 is 2.56 bits per heavy atom. The van der Waals surface area contributed by atoms with Crippen LogP contribution in [0.2, 0.25) is 0 Å². The second kappa shape index (κ2) is 11.2. The van der Waals surface area contributed by atoms with Gasteiger partial charge in [-0.15, -0.1) is 10.2 Å². The molecule has 3 aromatic heterocycles. The number of carbonyl (C=O) groups is 1. The topological polar surface area (TPSA) is 159 Å². The molecule has 0 spiro atoms. The van der Waals surface area contributed by atoms with Crippen LogP contribution in [0.4, 0.5) is 13.6 Å². The Kier molecular flexibility index (Phi) is 7.42. The van der Waals surface area contributed by atoms with Crippen molar-refractivity contribution in [1.82, 2.24) is 39.3 Å². The largest absolute Gasteiger partial charge is 0.380 e. The van der Waals surface area contributed by atoms with E-state index in [2.05, 4.69) is 24.9 Å². The number of urea groups is 1. The molecule has 2 aliphatic heterocycles. The lowest BCUT2D eigenvalue weighted by Gasteiger charge is -2.34. The van der Waals surface area contributed by atoms with E-state index in [0.29, 0.717) is 85.1 Å². The lowest BCUT2D eigenvalue weighted by molar-refractivity contribution is 0.103. The zero-order valence-electron chi connectivity index (χ0n) is 24.2. The fourth-order valence-electron chi connectivity index (χ4n) is 6.23. The molecule has 13 nitrogen and oxygen atoms in total. The minimum atomic E-state index is -4.08. The predicted octanol–water partition coefficient (Wildman–Crippen LogP) is 3.72. The molecule has 3 fully saturated rings. The van der Waals surface area contributed by atoms with Crippen molar-refractivity contribution in [2.75, 3.05) is 33.3 Å². The molecule has 3 aliphatic rings. The van der Waals surface area contributed by atoms with Crippen LogP contribution in [0.15, 0.2) is 29.4 Å². The van der Waals surface area contributed by atoms with Crippen LogP contribution < -0.4 is 4.72 Å². The van der Waals surface area contributed by atoms with Crippen molar-refractivity contribution in [3.63, 3.8) is 0 Å². The van der Waals surface area contributed by atoms with E-state index < -0.39 is 27.0 Å². The number of likely N-dealkylation sites (tertiary alicyclic amines) is 2. The Labute approximate surface area is 260 Å². The van der Waals surface area contributed by atoms with E-state index >= 15 is 0 Å². The normalized spacial score (nSPS) is 20.4. The number of fused-ring (bicyclic) bond motifs is 3. The number of ether oxygens (including phenoxy) is 1. The van der Waals surface area contributed by atoms with E-state index in [0.717, 1.165) is 12.1 Å². The van der Waals surface area contributed by atoms with E-state index in [1.54, 1.807) is 13.2 Å². The zero-order chi connectivity index (χ0) is 31.5. The average Bonchev–Trinajstić information content (AvgIpc) is 3.39. The summed E-state index contributed by atoms with van der Waals surface area (Å²) in [5, 5.41) is 18.0. The molecule has 0 unspecified atom stereocenters. The number of hydrogen-bond acceptors (Lipinski definition) is 10. The first-order valence-electron chi connectivity index (χ1n) is 14.6. The molecular weight excluding hydrogens is 628 g/mol. The van der Waals surface area contributed by atoms with Crippen LogP contribution in [-0.2, 0) is 14.8 Å². The van der Waals surface area contributed by atoms with Crippen LogP contribution >= 0.6 is 11.3 Å². The monoisotopic (exact) mass is 657 g/mol. The van der Waals surface area contributed by atoms with Gasteiger partial charge in [-0.1, -0.05) is 17.4 Å². The number of carbonyl (C=O) groups excluding carboxylic acids is 1. The summed E-state index contributed by atoms with van der Waals surface area (Å²) in [4.78, 5) is 25.9. The van der Waals surface area contributed by atoms with Gasteiger partial charge in [-0.05, 0) is 44.2 Å². The van der Waals surface area contributed by atoms with Crippen LogP contribution in [0.25, 0.3) is 27.1 Å². The first-order chi connectivity index (χ1) is 21.6. The third kappa shape index (κ3) is 5.29. The molecule has 2 saturated heterocycles. The van der Waals surface area contributed by atoms with Crippen molar-refractivity contribution in [2.45, 2.75) is 61.0 Å². The SMILES string of the molecule is CO[C@@H]1CCN(C(=O)N2CCC(c3ncnc4c3c3ccc(S(=O)(=O)NC5(C#N)CC5)cc3n4-c3nnc(C(F)F)s3)CC2)C1. The number of hydrogen-bond donors (Lipinski definition) is 1. The molecule has 17 heteroatoms. The van der Waals surface area contributed by atoms with Gasteiger partial charge in [0.25, 0.3) is 6.43 Å². The van der Waals surface area contributed by atoms with Gasteiger partial charge in [0.05, 0.1) is 28.3 Å². The van der Waals surface area contributed by atoms with Gasteiger partial charge in [0, 0.05) is 50.0 Å². The van der Waals surface area contributed by atoms with Gasteiger partial charge in [-0.25, -0.2) is 32.0 Å². The highest BCUT2D eigenvalue weighted by Crippen LogP contribution is 2.41. The first-order valence-corrected chi connectivity index (χ1v) is 16.9. The smallest absolute Gasteiger partial charge is 0.320 e. The summed E-state index contributed by atoms with van der Waals surface area (Å²) in [5.74, 6) is -0.0367.